The molecule has 1 N–H and O–H groups in total. The summed E-state index contributed by atoms with van der Waals surface area (Å²) >= 11 is 0. The molecule has 1 aromatic rings. The van der Waals surface area contributed by atoms with Crippen molar-refractivity contribution in [3.05, 3.63) is 29.8 Å². The molecular weight excluding hydrogens is 252 g/mol. The summed E-state index contributed by atoms with van der Waals surface area (Å²) in [6.45, 7) is 2.03. The van der Waals surface area contributed by atoms with Gasteiger partial charge in [0.15, 0.2) is 0 Å². The van der Waals surface area contributed by atoms with Crippen LogP contribution in [0, 0.1) is 5.92 Å². The first-order valence-electron chi connectivity index (χ1n) is 7.53. The molecule has 0 aliphatic heterocycles. The lowest BCUT2D eigenvalue weighted by Gasteiger charge is -2.11. The minimum absolute atomic E-state index is 0.0668. The largest absolute Gasteiger partial charge is 0.508 e. The molecule has 20 heavy (non-hydrogen) atoms. The third kappa shape index (κ3) is 6.09. The van der Waals surface area contributed by atoms with Gasteiger partial charge in [-0.2, -0.15) is 0 Å². The molecule has 0 spiro atoms. The van der Waals surface area contributed by atoms with Crippen LogP contribution in [-0.2, 0) is 16.0 Å². The molecule has 0 heterocycles. The smallest absolute Gasteiger partial charge is 0.308 e. The predicted molar refractivity (Wildman–Crippen MR) is 80.7 cm³/mol. The molecule has 1 aromatic carbocycles. The van der Waals surface area contributed by atoms with Crippen molar-refractivity contribution in [3.8, 4) is 5.75 Å². The SMILES string of the molecule is CCC(CCCCCCc1ccc(O)cc1)C(=O)OC. The number of phenolic OH excluding ortho intramolecular Hbond substituents is 1. The number of phenols is 1. The topological polar surface area (TPSA) is 46.5 Å². The van der Waals surface area contributed by atoms with Crippen molar-refractivity contribution in [3.63, 3.8) is 0 Å². The van der Waals surface area contributed by atoms with Gasteiger partial charge in [-0.25, -0.2) is 0 Å². The Kier molecular flexibility index (Phi) is 7.78. The number of unbranched alkanes of at least 4 members (excludes halogenated alkanes) is 3. The molecule has 0 saturated carbocycles. The molecule has 1 unspecified atom stereocenters. The molecule has 0 aromatic heterocycles. The van der Waals surface area contributed by atoms with Gasteiger partial charge in [0.2, 0.25) is 0 Å². The first-order valence-corrected chi connectivity index (χ1v) is 7.53. The predicted octanol–water partition coefficient (Wildman–Crippen LogP) is 4.08. The second kappa shape index (κ2) is 9.40. The number of hydrogen-bond acceptors (Lipinski definition) is 3. The highest BCUT2D eigenvalue weighted by Gasteiger charge is 2.15. The quantitative estimate of drug-likeness (QED) is 0.547. The van der Waals surface area contributed by atoms with Crippen molar-refractivity contribution in [2.24, 2.45) is 5.92 Å². The average molecular weight is 278 g/mol. The molecular formula is C17H26O3. The van der Waals surface area contributed by atoms with Crippen molar-refractivity contribution in [1.29, 1.82) is 0 Å². The molecule has 1 atom stereocenters. The van der Waals surface area contributed by atoms with E-state index in [0.29, 0.717) is 5.75 Å². The van der Waals surface area contributed by atoms with Crippen molar-refractivity contribution >= 4 is 5.97 Å². The maximum Gasteiger partial charge on any atom is 0.308 e. The number of rotatable bonds is 9. The Labute approximate surface area is 122 Å². The van der Waals surface area contributed by atoms with Crippen LogP contribution in [0.4, 0.5) is 0 Å². The van der Waals surface area contributed by atoms with Gasteiger partial charge in [-0.05, 0) is 43.4 Å². The van der Waals surface area contributed by atoms with Gasteiger partial charge in [-0.1, -0.05) is 38.3 Å². The van der Waals surface area contributed by atoms with E-state index < -0.39 is 0 Å². The Morgan fingerprint density at radius 1 is 1.15 bits per heavy atom. The first-order chi connectivity index (χ1) is 9.67. The molecule has 0 amide bonds. The van der Waals surface area contributed by atoms with Crippen LogP contribution in [0.5, 0.6) is 5.75 Å². The van der Waals surface area contributed by atoms with Crippen LogP contribution in [0.1, 0.15) is 51.0 Å². The van der Waals surface area contributed by atoms with Gasteiger partial charge in [0.25, 0.3) is 0 Å². The third-order valence-electron chi connectivity index (χ3n) is 3.73. The molecule has 0 saturated heterocycles. The Bertz CT molecular complexity index is 384. The lowest BCUT2D eigenvalue weighted by molar-refractivity contribution is -0.145. The van der Waals surface area contributed by atoms with Gasteiger partial charge in [-0.3, -0.25) is 4.79 Å². The Hall–Kier alpha value is -1.51. The molecule has 0 aliphatic rings. The zero-order valence-electron chi connectivity index (χ0n) is 12.6. The normalized spacial score (nSPS) is 12.1. The summed E-state index contributed by atoms with van der Waals surface area (Å²) < 4.78 is 4.79. The van der Waals surface area contributed by atoms with Gasteiger partial charge in [-0.15, -0.1) is 0 Å². The minimum atomic E-state index is -0.0726. The van der Waals surface area contributed by atoms with Crippen LogP contribution in [0.2, 0.25) is 0 Å². The van der Waals surface area contributed by atoms with Crippen LogP contribution in [0.15, 0.2) is 24.3 Å². The van der Waals surface area contributed by atoms with E-state index in [9.17, 15) is 9.90 Å². The summed E-state index contributed by atoms with van der Waals surface area (Å²) in [5.41, 5.74) is 1.27. The number of methoxy groups -OCH3 is 1. The number of benzene rings is 1. The third-order valence-corrected chi connectivity index (χ3v) is 3.73. The molecule has 1 rings (SSSR count). The van der Waals surface area contributed by atoms with Gasteiger partial charge in [0.1, 0.15) is 5.75 Å². The van der Waals surface area contributed by atoms with Crippen LogP contribution in [-0.4, -0.2) is 18.2 Å². The van der Waals surface area contributed by atoms with E-state index in [1.807, 2.05) is 19.1 Å². The van der Waals surface area contributed by atoms with Crippen molar-refractivity contribution in [2.45, 2.75) is 51.9 Å². The van der Waals surface area contributed by atoms with E-state index in [2.05, 4.69) is 0 Å². The van der Waals surface area contributed by atoms with Gasteiger partial charge in [0, 0.05) is 0 Å². The Morgan fingerprint density at radius 2 is 1.80 bits per heavy atom. The van der Waals surface area contributed by atoms with Crippen LogP contribution >= 0.6 is 0 Å². The van der Waals surface area contributed by atoms with E-state index in [-0.39, 0.29) is 11.9 Å². The van der Waals surface area contributed by atoms with Crippen molar-refractivity contribution < 1.29 is 14.6 Å². The zero-order chi connectivity index (χ0) is 14.8. The maximum absolute atomic E-state index is 11.4. The first kappa shape index (κ1) is 16.5. The maximum atomic E-state index is 11.4. The summed E-state index contributed by atoms with van der Waals surface area (Å²) in [4.78, 5) is 11.4. The summed E-state index contributed by atoms with van der Waals surface area (Å²) in [7, 11) is 1.46. The van der Waals surface area contributed by atoms with E-state index in [4.69, 9.17) is 4.74 Å². The number of carbonyl (C=O) groups is 1. The van der Waals surface area contributed by atoms with E-state index in [1.54, 1.807) is 12.1 Å². The highest BCUT2D eigenvalue weighted by molar-refractivity contribution is 5.72. The highest BCUT2D eigenvalue weighted by atomic mass is 16.5. The van der Waals surface area contributed by atoms with E-state index in [0.717, 1.165) is 38.5 Å². The van der Waals surface area contributed by atoms with E-state index >= 15 is 0 Å². The number of ether oxygens (including phenoxy) is 1. The molecule has 0 radical (unpaired) electrons. The average Bonchev–Trinajstić information content (AvgIpc) is 2.47. The van der Waals surface area contributed by atoms with Crippen LogP contribution in [0.3, 0.4) is 0 Å². The monoisotopic (exact) mass is 278 g/mol. The number of hydrogen-bond donors (Lipinski definition) is 1. The minimum Gasteiger partial charge on any atom is -0.508 e. The number of carbonyl (C=O) groups excluding carboxylic acids is 1. The fraction of sp³-hybridized carbons (Fsp3) is 0.588. The van der Waals surface area contributed by atoms with Gasteiger partial charge >= 0.3 is 5.97 Å². The fourth-order valence-corrected chi connectivity index (χ4v) is 2.39. The molecule has 3 heteroatoms. The standard InChI is InChI=1S/C17H26O3/c1-3-15(17(19)20-2)9-7-5-4-6-8-14-10-12-16(18)13-11-14/h10-13,15,18H,3-9H2,1-2H3. The summed E-state index contributed by atoms with van der Waals surface area (Å²) in [6, 6.07) is 7.41. The van der Waals surface area contributed by atoms with Crippen LogP contribution in [0.25, 0.3) is 0 Å². The molecule has 0 fully saturated rings. The van der Waals surface area contributed by atoms with Crippen LogP contribution < -0.4 is 0 Å². The molecule has 0 bridgehead atoms. The lowest BCUT2D eigenvalue weighted by atomic mass is 9.97. The summed E-state index contributed by atoms with van der Waals surface area (Å²) in [5.74, 6) is 0.316. The summed E-state index contributed by atoms with van der Waals surface area (Å²) in [6.07, 6.45) is 7.42. The second-order valence-electron chi connectivity index (χ2n) is 5.25. The Morgan fingerprint density at radius 3 is 2.40 bits per heavy atom. The van der Waals surface area contributed by atoms with E-state index in [1.165, 1.54) is 19.1 Å². The molecule has 112 valence electrons. The fourth-order valence-electron chi connectivity index (χ4n) is 2.39. The lowest BCUT2D eigenvalue weighted by Crippen LogP contribution is -2.15. The van der Waals surface area contributed by atoms with Gasteiger partial charge < -0.3 is 9.84 Å². The second-order valence-corrected chi connectivity index (χ2v) is 5.25. The number of aromatic hydroxyl groups is 1. The van der Waals surface area contributed by atoms with Gasteiger partial charge in [0.05, 0.1) is 13.0 Å². The molecule has 0 aliphatic carbocycles. The Balaban J connectivity index is 2.10. The van der Waals surface area contributed by atoms with Crippen molar-refractivity contribution in [2.75, 3.05) is 7.11 Å². The summed E-state index contributed by atoms with van der Waals surface area (Å²) in [5, 5.41) is 9.20. The van der Waals surface area contributed by atoms with Crippen molar-refractivity contribution in [1.82, 2.24) is 0 Å². The zero-order valence-corrected chi connectivity index (χ0v) is 12.6. The number of esters is 1. The highest BCUT2D eigenvalue weighted by Crippen LogP contribution is 2.17. The molecule has 3 nitrogen and oxygen atoms in total. The number of aryl methyl sites for hydroxylation is 1.